The molecule has 13 aromatic heterocycles. The summed E-state index contributed by atoms with van der Waals surface area (Å²) in [6.07, 6.45) is 24.3. The fourth-order valence-electron chi connectivity index (χ4n) is 16.1. The van der Waals surface area contributed by atoms with Crippen molar-refractivity contribution in [2.24, 2.45) is 21.5 Å². The lowest BCUT2D eigenvalue weighted by Gasteiger charge is -2.05. The predicted molar refractivity (Wildman–Crippen MR) is 545 cm³/mol. The number of aromatic amines is 3. The van der Waals surface area contributed by atoms with E-state index in [1.54, 1.807) is 60.8 Å². The predicted octanol–water partition coefficient (Wildman–Crippen LogP) is 19.3. The number of fused-ring (bicyclic) bond motifs is 12. The van der Waals surface area contributed by atoms with Gasteiger partial charge in [0, 0.05) is 114 Å². The van der Waals surface area contributed by atoms with Gasteiger partial charge in [-0.1, -0.05) is 110 Å². The van der Waals surface area contributed by atoms with E-state index in [9.17, 15) is 0 Å². The summed E-state index contributed by atoms with van der Waals surface area (Å²) in [5.74, 6) is 10.2. The van der Waals surface area contributed by atoms with E-state index in [2.05, 4.69) is 190 Å². The van der Waals surface area contributed by atoms with Crippen molar-refractivity contribution in [3.05, 3.63) is 318 Å². The topological polar surface area (TPSA) is 540 Å². The van der Waals surface area contributed by atoms with Crippen LogP contribution in [0.5, 0.6) is 0 Å². The summed E-state index contributed by atoms with van der Waals surface area (Å²) in [7, 11) is 0. The van der Waals surface area contributed by atoms with E-state index in [1.807, 2.05) is 132 Å². The van der Waals surface area contributed by atoms with E-state index in [0.29, 0.717) is 76.0 Å². The lowest BCUT2D eigenvalue weighted by atomic mass is 10.0. The Labute approximate surface area is 770 Å². The molecule has 132 heavy (non-hydrogen) atoms. The molecule has 3 unspecified atom stereocenters. The van der Waals surface area contributed by atoms with Crippen LogP contribution in [0.2, 0.25) is 0 Å². The molecule has 2 aliphatic heterocycles. The first-order valence-electron chi connectivity index (χ1n) is 43.4. The zero-order valence-corrected chi connectivity index (χ0v) is 77.2. The third kappa shape index (κ3) is 22.9. The van der Waals surface area contributed by atoms with Gasteiger partial charge in [0.1, 0.15) is 69.3 Å². The summed E-state index contributed by atoms with van der Waals surface area (Å²) in [5.41, 5.74) is 96.5. The number of aryl methyl sites for hydroxylation is 9. The number of nitrogens with two attached hydrogens (primary N) is 12. The highest BCUT2D eigenvalue weighted by Gasteiger charge is 2.23. The number of hydrogen-bond donors (Lipinski definition) is 15. The molecule has 29 nitrogen and oxygen atoms in total. The molecule has 15 heterocycles. The molecule has 0 saturated heterocycles. The molecular weight excluding hydrogens is 1670 g/mol. The van der Waals surface area contributed by atoms with Crippen LogP contribution in [0.3, 0.4) is 0 Å². The number of nitrogens with one attached hydrogen (secondary N) is 3. The number of anilines is 10. The van der Waals surface area contributed by atoms with Gasteiger partial charge in [-0.15, -0.1) is 11.3 Å². The number of pyridine rings is 7. The van der Waals surface area contributed by atoms with Crippen LogP contribution in [0.4, 0.5) is 58.0 Å². The molecule has 4 aliphatic carbocycles. The van der Waals surface area contributed by atoms with Crippen LogP contribution >= 0.6 is 11.3 Å². The second kappa shape index (κ2) is 42.3. The number of rotatable bonds is 0. The zero-order chi connectivity index (χ0) is 94.1. The fourth-order valence-corrected chi connectivity index (χ4v) is 17.0. The van der Waals surface area contributed by atoms with E-state index >= 15 is 0 Å². The quantitative estimate of drug-likeness (QED) is 0.0627. The molecule has 3 atom stereocenters. The first-order chi connectivity index (χ1) is 63.3. The van der Waals surface area contributed by atoms with E-state index < -0.39 is 0 Å². The van der Waals surface area contributed by atoms with E-state index in [4.69, 9.17) is 77.7 Å². The Kier molecular flexibility index (Phi) is 30.0. The minimum Gasteiger partial charge on any atom is -0.461 e. The molecule has 5 aromatic carbocycles. The SMILES string of the molecule is CC1=CCc2ccnc(N)c21.CC1C=Cc2c1ccnc2N.CC1CCc2c(N)cccc21.CC1CCc2ccnc(N)c21.Cc1cc2c(N)nccc2[nH]1.Cc1cc2c(N)nccc2o1.Cc1cc2c(N)nccc2s1.Cc1ccc2c(N)n[nH]c2c1.Cc1ccc2c(N)noc2c1.Cc1ccc2c(c1)C(N)=NC2.Cc1ccc2c(c1)CN=C2N.Cc1nc2c(N)nccc2[nH]1. The summed E-state index contributed by atoms with van der Waals surface area (Å²) in [4.78, 5) is 47.9. The van der Waals surface area contributed by atoms with Gasteiger partial charge in [0.2, 0.25) is 0 Å². The van der Waals surface area contributed by atoms with Crippen molar-refractivity contribution in [3.8, 4) is 0 Å². The zero-order valence-electron chi connectivity index (χ0n) is 76.4. The number of nitrogen functional groups attached to an aromatic ring is 10. The van der Waals surface area contributed by atoms with Crippen molar-refractivity contribution >= 4 is 158 Å². The van der Waals surface area contributed by atoms with Crippen molar-refractivity contribution in [1.29, 1.82) is 0 Å². The number of imidazole rings is 1. The smallest absolute Gasteiger partial charge is 0.174 e. The maximum Gasteiger partial charge on any atom is 0.174 e. The van der Waals surface area contributed by atoms with Gasteiger partial charge >= 0.3 is 0 Å². The number of thiophene rings is 1. The molecule has 0 fully saturated rings. The molecule has 676 valence electrons. The van der Waals surface area contributed by atoms with Crippen molar-refractivity contribution in [1.82, 2.24) is 65.2 Å². The summed E-state index contributed by atoms with van der Waals surface area (Å²) >= 11 is 1.75. The maximum atomic E-state index is 5.83. The first kappa shape index (κ1) is 93.7. The van der Waals surface area contributed by atoms with Gasteiger partial charge in [0.15, 0.2) is 23.0 Å². The molecule has 0 saturated carbocycles. The summed E-state index contributed by atoms with van der Waals surface area (Å²) in [6.45, 7) is 26.2. The van der Waals surface area contributed by atoms with E-state index in [-0.39, 0.29) is 0 Å². The molecule has 0 bridgehead atoms. The van der Waals surface area contributed by atoms with Crippen molar-refractivity contribution < 1.29 is 8.94 Å². The number of aromatic nitrogens is 13. The highest BCUT2D eigenvalue weighted by atomic mass is 32.1. The minimum atomic E-state index is 0.458. The van der Waals surface area contributed by atoms with Crippen LogP contribution in [0.25, 0.3) is 76.5 Å². The van der Waals surface area contributed by atoms with Crippen LogP contribution in [0.1, 0.15) is 169 Å². The van der Waals surface area contributed by atoms with Gasteiger partial charge in [-0.05, 0) is 259 Å². The van der Waals surface area contributed by atoms with Crippen LogP contribution < -0.4 is 68.8 Å². The number of hydrogen-bond acceptors (Lipinski definition) is 27. The van der Waals surface area contributed by atoms with E-state index in [0.717, 1.165) is 136 Å². The second-order valence-corrected chi connectivity index (χ2v) is 34.4. The van der Waals surface area contributed by atoms with Gasteiger partial charge in [-0.3, -0.25) is 15.1 Å². The summed E-state index contributed by atoms with van der Waals surface area (Å²) in [6, 6.07) is 50.2. The van der Waals surface area contributed by atoms with Crippen LogP contribution in [-0.2, 0) is 32.4 Å². The Morgan fingerprint density at radius 1 is 0.432 bits per heavy atom. The van der Waals surface area contributed by atoms with Crippen molar-refractivity contribution in [3.63, 3.8) is 0 Å². The van der Waals surface area contributed by atoms with Gasteiger partial charge in [-0.25, -0.2) is 39.9 Å². The Bertz CT molecular complexity index is 6870. The van der Waals surface area contributed by atoms with Crippen LogP contribution in [0, 0.1) is 55.4 Å². The second-order valence-electron chi connectivity index (χ2n) is 33.1. The highest BCUT2D eigenvalue weighted by molar-refractivity contribution is 7.19. The summed E-state index contributed by atoms with van der Waals surface area (Å²) < 4.78 is 11.5. The average molecular weight is 1780 g/mol. The third-order valence-electron chi connectivity index (χ3n) is 23.0. The Morgan fingerprint density at radius 2 is 1.05 bits per heavy atom. The van der Waals surface area contributed by atoms with Gasteiger partial charge in [0.05, 0.1) is 40.4 Å². The molecule has 30 heteroatoms. The molecular formula is C102H115N27O2S. The lowest BCUT2D eigenvalue weighted by molar-refractivity contribution is 0.460. The van der Waals surface area contributed by atoms with Crippen molar-refractivity contribution in [2.75, 3.05) is 57.3 Å². The fraction of sp³-hybridized carbons (Fsp3) is 0.216. The van der Waals surface area contributed by atoms with Gasteiger partial charge < -0.3 is 87.7 Å². The largest absolute Gasteiger partial charge is 0.461 e. The highest BCUT2D eigenvalue weighted by Crippen LogP contribution is 2.38. The van der Waals surface area contributed by atoms with Crippen LogP contribution in [0.15, 0.2) is 226 Å². The normalized spacial score (nSPS) is 14.2. The molecule has 27 N–H and O–H groups in total. The minimum absolute atomic E-state index is 0.458. The molecule has 0 amide bonds. The lowest BCUT2D eigenvalue weighted by Crippen LogP contribution is -2.10. The van der Waals surface area contributed by atoms with Gasteiger partial charge in [-0.2, -0.15) is 5.10 Å². The standard InChI is InChI=1S/C10H13N.3C9H10N2.C9H12N2.C9H10N2.2C8H9N3.2C8H8N2O.C8H8N2S.C7H8N4/c1-7-5-6-9-8(7)3-2-4-10(9)11;1-6-2-3-8-7(4-6)5-11-9(8)10;1-6-2-3-7-5-11-9(10)8(7)4-6;1-6-2-3-8-7(6)4-5-11-9(8)10;2*1-6-2-3-7-4-5-11-9(10)8(6)7;1-5-4-6-7(11-5)2-3-10-8(6)9;1-5-2-3-6-7(4-5)10-11-8(6)9;1-5-4-6-7(11-5)2-3-10-8(6)9;1-5-2-3-6-7(4-5)11-10-8(6)9;1-5-4-6-7(11-5)2-3-10-8(6)9;1-4-10-5-2-3-9-7(8)6(5)11-4/h2-4,7H,5-6,11H2,1H3;2*2-4H,5H2,1H3,(H2,10,11);2-6H,1H3,(H2,10,11);4-6H,2-3H2,1H3,(H2,10,11);2,4-5H,3H2,1H3,(H2,10,11);2-4,11H,1H3,(H2,9,10);2-4H,1H3,(H3,9,10,11);3*2-4H,1H3,(H2,9,10);2-3H,1H3,(H2,8,9)(H,10,11). The van der Waals surface area contributed by atoms with Gasteiger partial charge in [0.25, 0.3) is 0 Å². The molecule has 0 spiro atoms. The Morgan fingerprint density at radius 3 is 1.76 bits per heavy atom. The number of nitrogens with zero attached hydrogens (tertiary/aromatic N) is 12. The first-order valence-corrected chi connectivity index (χ1v) is 44.2. The molecule has 18 aromatic rings. The summed E-state index contributed by atoms with van der Waals surface area (Å²) in [5, 5.41) is 15.2. The Balaban J connectivity index is 0.000000122. The molecule has 0 radical (unpaired) electrons. The molecule has 24 rings (SSSR count). The van der Waals surface area contributed by atoms with E-state index in [1.165, 1.54) is 102 Å². The Hall–Kier alpha value is -16.0. The molecule has 6 aliphatic rings. The number of H-pyrrole nitrogens is 3. The number of allylic oxidation sites excluding steroid dienone is 3. The number of furan rings is 1. The number of amidine groups is 2. The van der Waals surface area contributed by atoms with Crippen molar-refractivity contribution in [2.45, 2.75) is 146 Å². The third-order valence-corrected chi connectivity index (χ3v) is 24.0. The number of aliphatic imine (C=N–C) groups is 2. The number of benzene rings is 5. The monoisotopic (exact) mass is 1780 g/mol. The average Bonchev–Trinajstić information content (AvgIpc) is 1.67. The van der Waals surface area contributed by atoms with Crippen LogP contribution in [-0.4, -0.2) is 76.9 Å². The maximum absolute atomic E-state index is 5.83.